The molecule has 588 valence electrons. The lowest BCUT2D eigenvalue weighted by atomic mass is 9.58. The molecule has 0 aromatic carbocycles. The van der Waals surface area contributed by atoms with Crippen molar-refractivity contribution in [3.8, 4) is 0 Å². The van der Waals surface area contributed by atoms with E-state index in [2.05, 4.69) is 22.9 Å². The highest BCUT2D eigenvalue weighted by Gasteiger charge is 2.59. The van der Waals surface area contributed by atoms with Gasteiger partial charge in [-0.05, 0) is 112 Å². The Kier molecular flexibility index (Phi) is 31.4. The molecule has 3 aliphatic heterocycles. The number of methoxy groups -OCH3 is 1. The SMILES string of the molecule is CCC(CC)[C@H]1C(=O)N(C)[C@H](C(=O)N(C)C)CC(=O)N(C)[C@@H](COC)C(=O)N[C@@H]([C@@H](C)CC)C(=O)N(C)CC(=O)N(C)[C@H]2C/C=C\CCN(C2=O)[C@@H](CC2CCC(C)CC2)C(=O)N(C)CC(=O)N[C@@H](CCC2CCC(C(F)(F)F)C(Cl)C2)C(=O)N2CCCCC[C@H]2C(=O)NC2(CC(C)(C)C2)C(=O)N1C. The molecule has 2 bridgehead atoms. The molecular formula is C75H122ClF3N12O13. The summed E-state index contributed by atoms with van der Waals surface area (Å²) in [6.45, 7) is 11.9. The zero-order valence-electron chi connectivity index (χ0n) is 64.8. The number of hydrogen-bond acceptors (Lipinski definition) is 13. The maximum absolute atomic E-state index is 15.8. The first-order valence-electron chi connectivity index (χ1n) is 37.9. The first-order chi connectivity index (χ1) is 48.8. The van der Waals surface area contributed by atoms with E-state index in [-0.39, 0.29) is 95.7 Å². The third kappa shape index (κ3) is 21.4. The summed E-state index contributed by atoms with van der Waals surface area (Å²) in [4.78, 5) is 193. The summed E-state index contributed by atoms with van der Waals surface area (Å²) in [5.41, 5.74) is -2.15. The summed E-state index contributed by atoms with van der Waals surface area (Å²) in [6, 6.07) is -10.3. The number of rotatable bonds is 13. The van der Waals surface area contributed by atoms with E-state index in [1.807, 2.05) is 40.7 Å². The number of ether oxygens (including phenoxy) is 1. The van der Waals surface area contributed by atoms with E-state index < -0.39 is 179 Å². The normalized spacial score (nSPS) is 30.9. The summed E-state index contributed by atoms with van der Waals surface area (Å²) in [5, 5.41) is 7.59. The van der Waals surface area contributed by atoms with Crippen LogP contribution in [0.1, 0.15) is 190 Å². The average Bonchev–Trinajstić information content (AvgIpc) is 0.757. The van der Waals surface area contributed by atoms with Crippen LogP contribution in [0.2, 0.25) is 0 Å². The Morgan fingerprint density at radius 1 is 0.673 bits per heavy atom. The fraction of sp³-hybridized carbons (Fsp3) is 0.813. The molecule has 25 nitrogen and oxygen atoms in total. The predicted molar refractivity (Wildman–Crippen MR) is 387 cm³/mol. The van der Waals surface area contributed by atoms with Gasteiger partial charge in [0.05, 0.1) is 32.0 Å². The molecular weight excluding hydrogens is 1370 g/mol. The molecule has 0 aromatic heterocycles. The fourth-order valence-corrected chi connectivity index (χ4v) is 17.3. The van der Waals surface area contributed by atoms with E-state index in [1.54, 1.807) is 13.0 Å². The highest BCUT2D eigenvalue weighted by molar-refractivity contribution is 6.21. The molecule has 12 atom stereocenters. The van der Waals surface area contributed by atoms with Crippen LogP contribution in [0.5, 0.6) is 0 Å². The topological polar surface area (TPSA) is 279 Å². The van der Waals surface area contributed by atoms with Crippen LogP contribution in [0.4, 0.5) is 13.2 Å². The second-order valence-corrected chi connectivity index (χ2v) is 32.6. The van der Waals surface area contributed by atoms with E-state index in [4.69, 9.17) is 16.3 Å². The third-order valence-corrected chi connectivity index (χ3v) is 24.0. The van der Waals surface area contributed by atoms with E-state index in [9.17, 15) is 41.9 Å². The Labute approximate surface area is 619 Å². The number of alkyl halides is 4. The molecule has 3 N–H and O–H groups in total. The summed E-state index contributed by atoms with van der Waals surface area (Å²) in [7, 11) is 12.7. The minimum atomic E-state index is -4.52. The van der Waals surface area contributed by atoms with Gasteiger partial charge in [-0.25, -0.2) is 0 Å². The van der Waals surface area contributed by atoms with Gasteiger partial charge in [0.25, 0.3) is 0 Å². The van der Waals surface area contributed by atoms with Crippen molar-refractivity contribution in [1.29, 1.82) is 0 Å². The third-order valence-electron chi connectivity index (χ3n) is 23.5. The number of carbonyl (C=O) groups is 12. The average molecular weight is 1490 g/mol. The quantitative estimate of drug-likeness (QED) is 0.134. The van der Waals surface area contributed by atoms with Gasteiger partial charge in [0.15, 0.2) is 0 Å². The summed E-state index contributed by atoms with van der Waals surface area (Å²) in [6.07, 6.45) is 5.41. The zero-order valence-corrected chi connectivity index (χ0v) is 65.5. The predicted octanol–water partition coefficient (Wildman–Crippen LogP) is 6.38. The molecule has 3 heterocycles. The van der Waals surface area contributed by atoms with Gasteiger partial charge in [0, 0.05) is 82.0 Å². The van der Waals surface area contributed by atoms with Crippen molar-refractivity contribution in [2.24, 2.45) is 40.9 Å². The highest BCUT2D eigenvalue weighted by Crippen LogP contribution is 2.50. The first-order valence-corrected chi connectivity index (χ1v) is 38.4. The Balaban J connectivity index is 1.48. The minimum Gasteiger partial charge on any atom is -0.382 e. The molecule has 2 saturated heterocycles. The second-order valence-electron chi connectivity index (χ2n) is 32.0. The number of fused-ring (bicyclic) bond motifs is 3. The second kappa shape index (κ2) is 37.8. The Hall–Kier alpha value is -6.58. The number of nitrogens with one attached hydrogen (secondary N) is 3. The van der Waals surface area contributed by atoms with Gasteiger partial charge in [-0.2, -0.15) is 13.2 Å². The Morgan fingerprint density at radius 2 is 1.31 bits per heavy atom. The zero-order chi connectivity index (χ0) is 77.6. The maximum atomic E-state index is 15.8. The smallest absolute Gasteiger partial charge is 0.382 e. The van der Waals surface area contributed by atoms with Crippen molar-refractivity contribution >= 4 is 82.5 Å². The van der Waals surface area contributed by atoms with Crippen molar-refractivity contribution in [3.63, 3.8) is 0 Å². The number of hydrogen-bond donors (Lipinski definition) is 3. The van der Waals surface area contributed by atoms with Crippen LogP contribution in [0.3, 0.4) is 0 Å². The lowest BCUT2D eigenvalue weighted by molar-refractivity contribution is -0.182. The molecule has 6 rings (SSSR count). The largest absolute Gasteiger partial charge is 0.393 e. The van der Waals surface area contributed by atoms with Crippen molar-refractivity contribution in [2.75, 3.05) is 96.3 Å². The summed E-state index contributed by atoms with van der Waals surface area (Å²) < 4.78 is 47.9. The molecule has 3 unspecified atom stereocenters. The van der Waals surface area contributed by atoms with Crippen molar-refractivity contribution in [2.45, 2.75) is 255 Å². The number of carbonyl (C=O) groups excluding carboxylic acids is 12. The molecule has 0 aromatic rings. The number of nitrogens with zero attached hydrogens (tertiary/aromatic N) is 9. The van der Waals surface area contributed by atoms with E-state index in [0.717, 1.165) is 40.4 Å². The van der Waals surface area contributed by atoms with Crippen LogP contribution in [-0.2, 0) is 62.3 Å². The van der Waals surface area contributed by atoms with E-state index >= 15 is 28.8 Å². The number of halogens is 4. The van der Waals surface area contributed by atoms with E-state index in [0.29, 0.717) is 50.9 Å². The van der Waals surface area contributed by atoms with Crippen molar-refractivity contribution in [3.05, 3.63) is 12.2 Å². The standard InChI is InChI=1S/C75H122ClF3N12O13/c1-17-47(5)62-70(101)85(11)42-61(94)86(12)55-27-23-21-25-37-91(69(55)100)57(39-49-30-28-46(4)29-31-49)68(99)84(10)41-59(92)80-53(35-33-48-32-34-51(52(76)38-48)75(77,78)79)66(97)90-36-24-20-22-26-54(90)65(96)82-74(44-73(6,7)45-74)72(103)89(15)63(50(18-2)19-3)71(102)88(14)56(67(98)83(8)9)40-60(93)87(13)58(43-104-16)64(95)81-62/h21,23,46-58,62-63H,17-20,22,24-45H2,1-16H3,(H,80,92)(H,81,95)(H,82,96)/b23-21-/t46?,47-,48?,49?,51?,52?,53-,54-,55-,56-,57-,58-,62-,63-/m0/s1. The van der Waals surface area contributed by atoms with Gasteiger partial charge in [0.1, 0.15) is 53.9 Å². The van der Waals surface area contributed by atoms with Gasteiger partial charge < -0.3 is 64.8 Å². The van der Waals surface area contributed by atoms with Crippen molar-refractivity contribution < 1.29 is 75.4 Å². The van der Waals surface area contributed by atoms with Crippen LogP contribution in [0.15, 0.2) is 12.2 Å². The molecule has 6 aliphatic rings. The highest BCUT2D eigenvalue weighted by atomic mass is 35.5. The molecule has 104 heavy (non-hydrogen) atoms. The molecule has 0 radical (unpaired) electrons. The molecule has 3 saturated carbocycles. The van der Waals surface area contributed by atoms with Gasteiger partial charge in [-0.1, -0.05) is 118 Å². The molecule has 3 aliphatic carbocycles. The first kappa shape index (κ1) is 86.3. The number of amides is 12. The van der Waals surface area contributed by atoms with Gasteiger partial charge in [0.2, 0.25) is 70.9 Å². The lowest BCUT2D eigenvalue weighted by Gasteiger charge is -2.54. The Morgan fingerprint density at radius 3 is 1.89 bits per heavy atom. The minimum absolute atomic E-state index is 0.00273. The summed E-state index contributed by atoms with van der Waals surface area (Å²) in [5.74, 6) is -10.8. The maximum Gasteiger partial charge on any atom is 0.393 e. The van der Waals surface area contributed by atoms with Crippen molar-refractivity contribution in [1.82, 2.24) is 60.0 Å². The van der Waals surface area contributed by atoms with Gasteiger partial charge in [-0.15, -0.1) is 11.6 Å². The van der Waals surface area contributed by atoms with Gasteiger partial charge in [-0.3, -0.25) is 57.5 Å². The number of likely N-dealkylation sites (N-methyl/N-ethyl adjacent to an activating group) is 7. The fourth-order valence-electron chi connectivity index (χ4n) is 16.8. The monoisotopic (exact) mass is 1490 g/mol. The Bertz CT molecular complexity index is 3070. The van der Waals surface area contributed by atoms with Crippen LogP contribution < -0.4 is 16.0 Å². The molecule has 29 heteroatoms. The van der Waals surface area contributed by atoms with E-state index in [1.165, 1.54) is 92.9 Å². The van der Waals surface area contributed by atoms with Gasteiger partial charge >= 0.3 is 6.18 Å². The molecule has 12 amide bonds. The molecule has 1 spiro atoms. The lowest BCUT2D eigenvalue weighted by Crippen LogP contribution is -2.72. The summed E-state index contributed by atoms with van der Waals surface area (Å²) >= 11 is 6.46. The molecule has 5 fully saturated rings. The van der Waals surface area contributed by atoms with Crippen LogP contribution in [0, 0.1) is 40.9 Å². The van der Waals surface area contributed by atoms with Crippen LogP contribution in [0.25, 0.3) is 0 Å². The van der Waals surface area contributed by atoms with Crippen LogP contribution >= 0.6 is 11.6 Å². The van der Waals surface area contributed by atoms with Crippen LogP contribution in [-0.4, -0.2) is 277 Å².